The van der Waals surface area contributed by atoms with Crippen molar-refractivity contribution in [3.8, 4) is 17.1 Å². The lowest BCUT2D eigenvalue weighted by molar-refractivity contribution is 0.0688. The molecule has 0 spiro atoms. The fourth-order valence-corrected chi connectivity index (χ4v) is 3.70. The van der Waals surface area contributed by atoms with Crippen LogP contribution in [0.4, 0.5) is 4.39 Å². The van der Waals surface area contributed by atoms with Gasteiger partial charge < -0.3 is 14.4 Å². The molecule has 0 amide bonds. The Balaban J connectivity index is 0.000000208. The van der Waals surface area contributed by atoms with Crippen LogP contribution in [-0.4, -0.2) is 29.6 Å². The maximum Gasteiger partial charge on any atom is 0.268 e. The van der Waals surface area contributed by atoms with Crippen LogP contribution in [0, 0.1) is 26.7 Å². The quantitative estimate of drug-likeness (QED) is 0.339. The number of nitrogens with zero attached hydrogens (tertiary/aromatic N) is 5. The van der Waals surface area contributed by atoms with Gasteiger partial charge >= 0.3 is 0 Å². The molecule has 37 heavy (non-hydrogen) atoms. The Morgan fingerprint density at radius 3 is 2.38 bits per heavy atom. The van der Waals surface area contributed by atoms with Gasteiger partial charge in [0, 0.05) is 31.2 Å². The van der Waals surface area contributed by atoms with E-state index in [-0.39, 0.29) is 12.2 Å². The minimum atomic E-state index is -1.04. The summed E-state index contributed by atoms with van der Waals surface area (Å²) < 4.78 is 20.6. The molecule has 0 aliphatic carbocycles. The third-order valence-corrected chi connectivity index (χ3v) is 6.05. The van der Waals surface area contributed by atoms with Gasteiger partial charge in [0.25, 0.3) is 5.56 Å². The van der Waals surface area contributed by atoms with Crippen molar-refractivity contribution in [2.24, 2.45) is 7.05 Å². The molecule has 4 aromatic rings. The monoisotopic (exact) mass is 569 g/mol. The molecule has 0 atom stereocenters. The average Bonchev–Trinajstić information content (AvgIpc) is 2.84. The average molecular weight is 570 g/mol. The lowest BCUT2D eigenvalue weighted by atomic mass is 10.1. The molecule has 0 aliphatic rings. The van der Waals surface area contributed by atoms with Crippen molar-refractivity contribution in [1.82, 2.24) is 24.5 Å². The van der Waals surface area contributed by atoms with Crippen molar-refractivity contribution in [2.75, 3.05) is 0 Å². The topological polar surface area (TPSA) is 103 Å². The number of rotatable bonds is 5. The number of halogens is 2. The Morgan fingerprint density at radius 1 is 1.03 bits per heavy atom. The minimum Gasteiger partial charge on any atom is -0.486 e. The van der Waals surface area contributed by atoms with Crippen molar-refractivity contribution in [1.29, 1.82) is 0 Å². The molecule has 8 nitrogen and oxygen atoms in total. The van der Waals surface area contributed by atoms with Gasteiger partial charge in [-0.2, -0.15) is 4.39 Å². The molecule has 0 fully saturated rings. The minimum absolute atomic E-state index is 0.101. The molecular formula is C27H29BrFN5O3. The molecule has 0 bridgehead atoms. The largest absolute Gasteiger partial charge is 0.486 e. The molecule has 0 unspecified atom stereocenters. The smallest absolute Gasteiger partial charge is 0.268 e. The highest BCUT2D eigenvalue weighted by atomic mass is 79.9. The highest BCUT2D eigenvalue weighted by Crippen LogP contribution is 2.23. The van der Waals surface area contributed by atoms with Gasteiger partial charge in [-0.05, 0) is 85.9 Å². The van der Waals surface area contributed by atoms with E-state index in [4.69, 9.17) is 4.74 Å². The Bertz CT molecular complexity index is 1430. The fraction of sp³-hybridized carbons (Fsp3) is 0.296. The summed E-state index contributed by atoms with van der Waals surface area (Å²) in [4.78, 5) is 28.3. The van der Waals surface area contributed by atoms with E-state index in [1.807, 2.05) is 26.0 Å². The highest BCUT2D eigenvalue weighted by Gasteiger charge is 2.20. The zero-order valence-corrected chi connectivity index (χ0v) is 23.2. The second-order valence-corrected chi connectivity index (χ2v) is 9.91. The molecule has 0 saturated carbocycles. The third kappa shape index (κ3) is 7.50. The lowest BCUT2D eigenvalue weighted by Crippen LogP contribution is -2.20. The van der Waals surface area contributed by atoms with Crippen molar-refractivity contribution < 1.29 is 14.2 Å². The van der Waals surface area contributed by atoms with E-state index >= 15 is 0 Å². The van der Waals surface area contributed by atoms with Crippen molar-refractivity contribution in [3.63, 3.8) is 0 Å². The SMILES string of the molecule is Cc1cc(F)nc(COc2cc(C)n(C)c(=O)c2Br)c1.Cc1ccc(-c2ccnc(C(C)(C)O)n2)nc1. The maximum absolute atomic E-state index is 13.2. The Hall–Kier alpha value is -3.50. The first-order valence-corrected chi connectivity index (χ1v) is 12.3. The second kappa shape index (κ2) is 11.7. The first-order chi connectivity index (χ1) is 17.3. The van der Waals surface area contributed by atoms with Crippen LogP contribution >= 0.6 is 15.9 Å². The first-order valence-electron chi connectivity index (χ1n) is 11.5. The summed E-state index contributed by atoms with van der Waals surface area (Å²) in [5, 5.41) is 9.86. The molecule has 0 radical (unpaired) electrons. The van der Waals surface area contributed by atoms with E-state index in [2.05, 4.69) is 35.9 Å². The fourth-order valence-electron chi connectivity index (χ4n) is 3.20. The van der Waals surface area contributed by atoms with Gasteiger partial charge in [0.2, 0.25) is 5.95 Å². The van der Waals surface area contributed by atoms with Crippen molar-refractivity contribution >= 4 is 15.9 Å². The second-order valence-electron chi connectivity index (χ2n) is 9.12. The molecule has 0 saturated heterocycles. The number of hydrogen-bond acceptors (Lipinski definition) is 7. The summed E-state index contributed by atoms with van der Waals surface area (Å²) in [7, 11) is 1.68. The summed E-state index contributed by atoms with van der Waals surface area (Å²) in [6.07, 6.45) is 3.43. The molecule has 0 aliphatic heterocycles. The summed E-state index contributed by atoms with van der Waals surface area (Å²) in [5.74, 6) is 0.287. The summed E-state index contributed by atoms with van der Waals surface area (Å²) in [5.41, 5.74) is 3.41. The van der Waals surface area contributed by atoms with Crippen LogP contribution in [0.15, 0.2) is 58.1 Å². The van der Waals surface area contributed by atoms with E-state index in [9.17, 15) is 14.3 Å². The van der Waals surface area contributed by atoms with E-state index < -0.39 is 11.5 Å². The number of pyridine rings is 3. The normalized spacial score (nSPS) is 11.1. The Labute approximate surface area is 223 Å². The number of aromatic nitrogens is 5. The van der Waals surface area contributed by atoms with Gasteiger partial charge in [-0.15, -0.1) is 0 Å². The first kappa shape index (κ1) is 28.1. The molecule has 4 rings (SSSR count). The molecule has 1 N–H and O–H groups in total. The van der Waals surface area contributed by atoms with Gasteiger partial charge in [0.15, 0.2) is 5.82 Å². The molecule has 194 valence electrons. The van der Waals surface area contributed by atoms with Gasteiger partial charge in [-0.1, -0.05) is 6.07 Å². The van der Waals surface area contributed by atoms with Crippen molar-refractivity contribution in [2.45, 2.75) is 46.8 Å². The van der Waals surface area contributed by atoms with Crippen LogP contribution in [-0.2, 0) is 19.3 Å². The molecule has 4 aromatic heterocycles. The van der Waals surface area contributed by atoms with Gasteiger partial charge in [-0.3, -0.25) is 9.78 Å². The lowest BCUT2D eigenvalue weighted by Gasteiger charge is -2.15. The standard InChI is InChI=1S/C14H14BrFN2O2.C13H15N3O/c1-8-4-10(17-12(16)5-8)7-20-11-6-9(2)18(3)14(19)13(11)15;1-9-4-5-10(15-8-9)11-6-7-14-12(16-11)13(2,3)17/h4-6H,7H2,1-3H3;4-8,17H,1-3H3. The number of hydrogen-bond donors (Lipinski definition) is 1. The van der Waals surface area contributed by atoms with Crippen LogP contribution in [0.5, 0.6) is 5.75 Å². The van der Waals surface area contributed by atoms with Gasteiger partial charge in [-0.25, -0.2) is 15.0 Å². The summed E-state index contributed by atoms with van der Waals surface area (Å²) >= 11 is 3.21. The van der Waals surface area contributed by atoms with E-state index in [1.54, 1.807) is 58.4 Å². The van der Waals surface area contributed by atoms with Crippen LogP contribution in [0.3, 0.4) is 0 Å². The zero-order valence-electron chi connectivity index (χ0n) is 21.6. The highest BCUT2D eigenvalue weighted by molar-refractivity contribution is 9.10. The van der Waals surface area contributed by atoms with E-state index in [0.717, 1.165) is 28.2 Å². The van der Waals surface area contributed by atoms with Crippen LogP contribution in [0.1, 0.15) is 42.2 Å². The predicted octanol–water partition coefficient (Wildman–Crippen LogP) is 4.95. The number of ether oxygens (including phenoxy) is 1. The Morgan fingerprint density at radius 2 is 1.76 bits per heavy atom. The molecular weight excluding hydrogens is 541 g/mol. The van der Waals surface area contributed by atoms with Gasteiger partial charge in [0.1, 0.15) is 22.4 Å². The summed E-state index contributed by atoms with van der Waals surface area (Å²) in [6.45, 7) is 9.00. The third-order valence-electron chi connectivity index (χ3n) is 5.32. The van der Waals surface area contributed by atoms with Crippen LogP contribution in [0.25, 0.3) is 11.4 Å². The van der Waals surface area contributed by atoms with Crippen molar-refractivity contribution in [3.05, 3.63) is 97.9 Å². The van der Waals surface area contributed by atoms with Crippen LogP contribution < -0.4 is 10.3 Å². The van der Waals surface area contributed by atoms with E-state index in [0.29, 0.717) is 21.7 Å². The molecule has 10 heteroatoms. The molecule has 0 aromatic carbocycles. The number of aliphatic hydroxyl groups is 1. The zero-order chi connectivity index (χ0) is 27.3. The Kier molecular flexibility index (Phi) is 8.88. The maximum atomic E-state index is 13.2. The number of aryl methyl sites for hydroxylation is 3. The van der Waals surface area contributed by atoms with Crippen LogP contribution in [0.2, 0.25) is 0 Å². The van der Waals surface area contributed by atoms with E-state index in [1.165, 1.54) is 10.6 Å². The predicted molar refractivity (Wildman–Crippen MR) is 143 cm³/mol. The molecule has 4 heterocycles. The summed E-state index contributed by atoms with van der Waals surface area (Å²) in [6, 6.07) is 10.5. The van der Waals surface area contributed by atoms with Gasteiger partial charge in [0.05, 0.1) is 17.1 Å².